The number of rotatable bonds is 5. The lowest BCUT2D eigenvalue weighted by Gasteiger charge is -2.08. The van der Waals surface area contributed by atoms with Crippen molar-refractivity contribution in [2.75, 3.05) is 13.2 Å². The molecule has 0 fully saturated rings. The number of hydrogen-bond acceptors (Lipinski definition) is 7. The fraction of sp³-hybridized carbons (Fsp3) is 0.385. The standard InChI is InChI=1S/C13H14BrNO6/c1-3-19-11(16)6-10-9(5-8(14)7-15-10)12(17)21-13(18)20-4-2/h5,7H,3-4,6H2,1-2H3. The maximum absolute atomic E-state index is 11.9. The minimum Gasteiger partial charge on any atom is -0.466 e. The molecule has 0 amide bonds. The van der Waals surface area contributed by atoms with Gasteiger partial charge in [0.15, 0.2) is 0 Å². The molecule has 0 radical (unpaired) electrons. The van der Waals surface area contributed by atoms with Crippen LogP contribution in [-0.4, -0.2) is 36.3 Å². The van der Waals surface area contributed by atoms with E-state index in [0.29, 0.717) is 4.47 Å². The van der Waals surface area contributed by atoms with E-state index < -0.39 is 18.1 Å². The molecule has 1 rings (SSSR count). The van der Waals surface area contributed by atoms with Crippen molar-refractivity contribution in [1.82, 2.24) is 4.98 Å². The highest BCUT2D eigenvalue weighted by molar-refractivity contribution is 9.10. The third kappa shape index (κ3) is 5.50. The smallest absolute Gasteiger partial charge is 0.466 e. The Morgan fingerprint density at radius 3 is 2.48 bits per heavy atom. The van der Waals surface area contributed by atoms with E-state index in [0.717, 1.165) is 0 Å². The minimum absolute atomic E-state index is 0.00881. The summed E-state index contributed by atoms with van der Waals surface area (Å²) in [6.07, 6.45) is 0.119. The zero-order valence-corrected chi connectivity index (χ0v) is 13.1. The lowest BCUT2D eigenvalue weighted by molar-refractivity contribution is -0.142. The van der Waals surface area contributed by atoms with Crippen molar-refractivity contribution in [2.24, 2.45) is 0 Å². The lowest BCUT2D eigenvalue weighted by atomic mass is 10.1. The van der Waals surface area contributed by atoms with Gasteiger partial charge < -0.3 is 14.2 Å². The largest absolute Gasteiger partial charge is 0.516 e. The summed E-state index contributed by atoms with van der Waals surface area (Å²) in [6, 6.07) is 1.41. The normalized spacial score (nSPS) is 9.86. The summed E-state index contributed by atoms with van der Waals surface area (Å²) in [5, 5.41) is 0. The molecular weight excluding hydrogens is 346 g/mol. The molecule has 114 valence electrons. The topological polar surface area (TPSA) is 91.8 Å². The number of carbonyl (C=O) groups excluding carboxylic acids is 3. The highest BCUT2D eigenvalue weighted by Gasteiger charge is 2.21. The van der Waals surface area contributed by atoms with Gasteiger partial charge in [-0.05, 0) is 35.8 Å². The Kier molecular flexibility index (Phi) is 6.80. The maximum Gasteiger partial charge on any atom is 0.516 e. The van der Waals surface area contributed by atoms with Crippen LogP contribution in [0.4, 0.5) is 4.79 Å². The molecule has 8 heteroatoms. The van der Waals surface area contributed by atoms with Gasteiger partial charge in [0.2, 0.25) is 0 Å². The average Bonchev–Trinajstić information content (AvgIpc) is 2.41. The molecule has 0 atom stereocenters. The summed E-state index contributed by atoms with van der Waals surface area (Å²) < 4.78 is 14.3. The number of esters is 2. The molecule has 1 heterocycles. The highest BCUT2D eigenvalue weighted by Crippen LogP contribution is 2.16. The monoisotopic (exact) mass is 359 g/mol. The van der Waals surface area contributed by atoms with E-state index in [1.54, 1.807) is 13.8 Å². The van der Waals surface area contributed by atoms with Crippen LogP contribution in [0.3, 0.4) is 0 Å². The molecule has 0 spiro atoms. The van der Waals surface area contributed by atoms with Gasteiger partial charge in [0, 0.05) is 10.7 Å². The van der Waals surface area contributed by atoms with E-state index in [1.807, 2.05) is 0 Å². The third-order valence-corrected chi connectivity index (χ3v) is 2.65. The summed E-state index contributed by atoms with van der Waals surface area (Å²) >= 11 is 3.16. The van der Waals surface area contributed by atoms with Crippen LogP contribution >= 0.6 is 15.9 Å². The van der Waals surface area contributed by atoms with Crippen molar-refractivity contribution < 1.29 is 28.6 Å². The highest BCUT2D eigenvalue weighted by atomic mass is 79.9. The van der Waals surface area contributed by atoms with Gasteiger partial charge in [0.1, 0.15) is 0 Å². The first kappa shape index (κ1) is 17.1. The van der Waals surface area contributed by atoms with E-state index in [9.17, 15) is 14.4 Å². The first-order valence-corrected chi connectivity index (χ1v) is 6.96. The molecule has 0 aliphatic heterocycles. The summed E-state index contributed by atoms with van der Waals surface area (Å²) in [4.78, 5) is 38.5. The molecule has 0 bridgehead atoms. The van der Waals surface area contributed by atoms with E-state index in [4.69, 9.17) is 4.74 Å². The van der Waals surface area contributed by atoms with Crippen molar-refractivity contribution in [3.8, 4) is 0 Å². The Morgan fingerprint density at radius 2 is 1.86 bits per heavy atom. The van der Waals surface area contributed by atoms with Gasteiger partial charge in [-0.2, -0.15) is 0 Å². The first-order chi connectivity index (χ1) is 9.97. The number of ether oxygens (including phenoxy) is 3. The van der Waals surface area contributed by atoms with E-state index >= 15 is 0 Å². The van der Waals surface area contributed by atoms with Crippen LogP contribution in [0.15, 0.2) is 16.7 Å². The molecule has 0 saturated carbocycles. The molecule has 0 aliphatic rings. The number of pyridine rings is 1. The van der Waals surface area contributed by atoms with Crippen LogP contribution in [0.2, 0.25) is 0 Å². The molecule has 1 aromatic rings. The Balaban J connectivity index is 2.93. The molecule has 0 aliphatic carbocycles. The molecule has 0 saturated heterocycles. The number of carbonyl (C=O) groups is 3. The van der Waals surface area contributed by atoms with Gasteiger partial charge in [-0.25, -0.2) is 9.59 Å². The van der Waals surface area contributed by atoms with E-state index in [1.165, 1.54) is 12.3 Å². The van der Waals surface area contributed by atoms with E-state index in [-0.39, 0.29) is 30.9 Å². The molecular formula is C13H14BrNO6. The predicted octanol–water partition coefficient (Wildman–Crippen LogP) is 2.26. The van der Waals surface area contributed by atoms with Gasteiger partial charge >= 0.3 is 18.1 Å². The van der Waals surface area contributed by atoms with Gasteiger partial charge in [0.05, 0.1) is 30.9 Å². The summed E-state index contributed by atoms with van der Waals surface area (Å²) in [5.74, 6) is -1.47. The average molecular weight is 360 g/mol. The number of aromatic nitrogens is 1. The SMILES string of the molecule is CCOC(=O)Cc1ncc(Br)cc1C(=O)OC(=O)OCC. The van der Waals surface area contributed by atoms with E-state index in [2.05, 4.69) is 30.4 Å². The van der Waals surface area contributed by atoms with Crippen LogP contribution in [0, 0.1) is 0 Å². The minimum atomic E-state index is -1.11. The quantitative estimate of drug-likeness (QED) is 0.587. The molecule has 0 unspecified atom stereocenters. The Morgan fingerprint density at radius 1 is 1.19 bits per heavy atom. The third-order valence-electron chi connectivity index (χ3n) is 2.21. The van der Waals surface area contributed by atoms with Gasteiger partial charge in [-0.1, -0.05) is 0 Å². The Hall–Kier alpha value is -1.96. The molecule has 7 nitrogen and oxygen atoms in total. The maximum atomic E-state index is 11.9. The van der Waals surface area contributed by atoms with Gasteiger partial charge in [-0.15, -0.1) is 0 Å². The van der Waals surface area contributed by atoms with Gasteiger partial charge in [-0.3, -0.25) is 9.78 Å². The zero-order chi connectivity index (χ0) is 15.8. The number of halogens is 1. The number of hydrogen-bond donors (Lipinski definition) is 0. The fourth-order valence-electron chi connectivity index (χ4n) is 1.41. The molecule has 0 N–H and O–H groups in total. The van der Waals surface area contributed by atoms with Crippen molar-refractivity contribution in [2.45, 2.75) is 20.3 Å². The second-order valence-corrected chi connectivity index (χ2v) is 4.62. The van der Waals surface area contributed by atoms with Crippen molar-refractivity contribution in [3.05, 3.63) is 28.0 Å². The van der Waals surface area contributed by atoms with Crippen LogP contribution in [0.25, 0.3) is 0 Å². The van der Waals surface area contributed by atoms with Crippen LogP contribution < -0.4 is 0 Å². The predicted molar refractivity (Wildman–Crippen MR) is 74.7 cm³/mol. The lowest BCUT2D eigenvalue weighted by Crippen LogP contribution is -2.18. The first-order valence-electron chi connectivity index (χ1n) is 6.16. The summed E-state index contributed by atoms with van der Waals surface area (Å²) in [7, 11) is 0. The van der Waals surface area contributed by atoms with Crippen molar-refractivity contribution >= 4 is 34.0 Å². The second kappa shape index (κ2) is 8.35. The molecule has 1 aromatic heterocycles. The fourth-order valence-corrected chi connectivity index (χ4v) is 1.74. The van der Waals surface area contributed by atoms with Crippen LogP contribution in [-0.2, 0) is 25.4 Å². The number of nitrogens with zero attached hydrogens (tertiary/aromatic N) is 1. The summed E-state index contributed by atoms with van der Waals surface area (Å²) in [5.41, 5.74) is 0.149. The van der Waals surface area contributed by atoms with Crippen LogP contribution in [0.5, 0.6) is 0 Å². The second-order valence-electron chi connectivity index (χ2n) is 3.70. The van der Waals surface area contributed by atoms with Crippen molar-refractivity contribution in [1.29, 1.82) is 0 Å². The Labute approximate surface area is 129 Å². The Bertz CT molecular complexity index is 545. The van der Waals surface area contributed by atoms with Crippen LogP contribution in [0.1, 0.15) is 29.9 Å². The zero-order valence-electron chi connectivity index (χ0n) is 11.6. The molecule has 0 aromatic carbocycles. The van der Waals surface area contributed by atoms with Gasteiger partial charge in [0.25, 0.3) is 0 Å². The van der Waals surface area contributed by atoms with Crippen molar-refractivity contribution in [3.63, 3.8) is 0 Å². The molecule has 21 heavy (non-hydrogen) atoms. The summed E-state index contributed by atoms with van der Waals surface area (Å²) in [6.45, 7) is 3.55.